The minimum atomic E-state index is -0.859. The van der Waals surface area contributed by atoms with Gasteiger partial charge >= 0.3 is 0 Å². The number of aromatic nitrogens is 1. The fraction of sp³-hybridized carbons (Fsp3) is 0.632. The minimum Gasteiger partial charge on any atom is -0.389 e. The molecule has 146 valence electrons. The second-order valence-corrected chi connectivity index (χ2v) is 7.79. The SMILES string of the molecule is O=C(CC1(O)CCC1)N1CCOCC2(C1)CN(c1cccnc1)C(=O)CO2. The van der Waals surface area contributed by atoms with E-state index in [9.17, 15) is 14.7 Å². The van der Waals surface area contributed by atoms with Crippen LogP contribution in [0.1, 0.15) is 25.7 Å². The van der Waals surface area contributed by atoms with Gasteiger partial charge in [0, 0.05) is 12.7 Å². The van der Waals surface area contributed by atoms with Crippen LogP contribution in [0.2, 0.25) is 0 Å². The van der Waals surface area contributed by atoms with Crippen LogP contribution in [0.4, 0.5) is 5.69 Å². The Bertz CT molecular complexity index is 709. The Morgan fingerprint density at radius 2 is 2.19 bits per heavy atom. The fourth-order valence-corrected chi connectivity index (χ4v) is 3.92. The lowest BCUT2D eigenvalue weighted by Crippen LogP contribution is -2.61. The average molecular weight is 375 g/mol. The summed E-state index contributed by atoms with van der Waals surface area (Å²) in [6, 6.07) is 3.61. The molecule has 4 rings (SSSR count). The molecule has 1 spiro atoms. The van der Waals surface area contributed by atoms with Gasteiger partial charge in [0.1, 0.15) is 12.2 Å². The highest BCUT2D eigenvalue weighted by molar-refractivity contribution is 5.95. The molecule has 0 bridgehead atoms. The zero-order valence-electron chi connectivity index (χ0n) is 15.3. The Morgan fingerprint density at radius 3 is 2.89 bits per heavy atom. The van der Waals surface area contributed by atoms with Gasteiger partial charge in [0.2, 0.25) is 5.91 Å². The van der Waals surface area contributed by atoms with Gasteiger partial charge in [-0.15, -0.1) is 0 Å². The number of ether oxygens (including phenoxy) is 2. The zero-order valence-corrected chi connectivity index (χ0v) is 15.3. The third kappa shape index (κ3) is 3.83. The second-order valence-electron chi connectivity index (χ2n) is 7.79. The highest BCUT2D eigenvalue weighted by atomic mass is 16.6. The van der Waals surface area contributed by atoms with E-state index in [1.165, 1.54) is 0 Å². The number of nitrogens with zero attached hydrogens (tertiary/aromatic N) is 3. The van der Waals surface area contributed by atoms with Crippen LogP contribution in [-0.2, 0) is 19.1 Å². The third-order valence-corrected chi connectivity index (χ3v) is 5.67. The summed E-state index contributed by atoms with van der Waals surface area (Å²) in [5.41, 5.74) is -0.934. The number of carbonyl (C=O) groups excluding carboxylic acids is 2. The van der Waals surface area contributed by atoms with E-state index in [1.807, 2.05) is 6.07 Å². The first-order valence-electron chi connectivity index (χ1n) is 9.41. The van der Waals surface area contributed by atoms with E-state index in [4.69, 9.17) is 9.47 Å². The molecule has 2 aliphatic heterocycles. The molecule has 8 nitrogen and oxygen atoms in total. The lowest BCUT2D eigenvalue weighted by Gasteiger charge is -2.43. The number of amides is 2. The molecule has 0 radical (unpaired) electrons. The van der Waals surface area contributed by atoms with Crippen LogP contribution < -0.4 is 4.90 Å². The van der Waals surface area contributed by atoms with Gasteiger partial charge in [0.15, 0.2) is 0 Å². The topological polar surface area (TPSA) is 92.2 Å². The number of morpholine rings is 1. The van der Waals surface area contributed by atoms with E-state index < -0.39 is 11.2 Å². The first-order chi connectivity index (χ1) is 13.0. The van der Waals surface area contributed by atoms with Gasteiger partial charge in [-0.3, -0.25) is 14.6 Å². The van der Waals surface area contributed by atoms with Crippen molar-refractivity contribution in [3.63, 3.8) is 0 Å². The largest absolute Gasteiger partial charge is 0.389 e. The number of rotatable bonds is 3. The maximum atomic E-state index is 12.8. The molecule has 1 aromatic heterocycles. The summed E-state index contributed by atoms with van der Waals surface area (Å²) in [5, 5.41) is 10.3. The number of carbonyl (C=O) groups is 2. The van der Waals surface area contributed by atoms with Crippen LogP contribution >= 0.6 is 0 Å². The third-order valence-electron chi connectivity index (χ3n) is 5.67. The van der Waals surface area contributed by atoms with Crippen LogP contribution in [0.15, 0.2) is 24.5 Å². The van der Waals surface area contributed by atoms with Crippen LogP contribution in [0.5, 0.6) is 0 Å². The maximum absolute atomic E-state index is 12.8. The molecule has 3 aliphatic rings. The molecule has 1 aromatic rings. The molecular formula is C19H25N3O5. The van der Waals surface area contributed by atoms with Crippen molar-refractivity contribution in [2.24, 2.45) is 0 Å². The molecule has 3 fully saturated rings. The van der Waals surface area contributed by atoms with E-state index in [1.54, 1.807) is 28.3 Å². The van der Waals surface area contributed by atoms with Gasteiger partial charge < -0.3 is 24.4 Å². The molecule has 1 atom stereocenters. The van der Waals surface area contributed by atoms with Gasteiger partial charge in [-0.05, 0) is 31.4 Å². The Hall–Kier alpha value is -2.03. The number of anilines is 1. The molecule has 1 unspecified atom stereocenters. The molecule has 0 aromatic carbocycles. The first-order valence-corrected chi connectivity index (χ1v) is 9.41. The number of pyridine rings is 1. The summed E-state index contributed by atoms with van der Waals surface area (Å²) in [7, 11) is 0. The Kier molecular flexibility index (Phi) is 4.88. The van der Waals surface area contributed by atoms with Gasteiger partial charge in [-0.25, -0.2) is 0 Å². The highest BCUT2D eigenvalue weighted by Gasteiger charge is 2.45. The van der Waals surface area contributed by atoms with Gasteiger partial charge in [0.25, 0.3) is 5.91 Å². The van der Waals surface area contributed by atoms with E-state index >= 15 is 0 Å². The summed E-state index contributed by atoms with van der Waals surface area (Å²) in [5.74, 6) is -0.227. The van der Waals surface area contributed by atoms with Crippen LogP contribution in [0.3, 0.4) is 0 Å². The second kappa shape index (κ2) is 7.18. The van der Waals surface area contributed by atoms with Gasteiger partial charge in [-0.2, -0.15) is 0 Å². The lowest BCUT2D eigenvalue weighted by molar-refractivity contribution is -0.152. The van der Waals surface area contributed by atoms with Crippen molar-refractivity contribution in [1.29, 1.82) is 0 Å². The van der Waals surface area contributed by atoms with E-state index in [0.717, 1.165) is 6.42 Å². The van der Waals surface area contributed by atoms with Crippen molar-refractivity contribution < 1.29 is 24.2 Å². The van der Waals surface area contributed by atoms with Crippen LogP contribution in [-0.4, -0.2) is 77.5 Å². The molecule has 1 N–H and O–H groups in total. The highest BCUT2D eigenvalue weighted by Crippen LogP contribution is 2.35. The van der Waals surface area contributed by atoms with Crippen molar-refractivity contribution in [2.75, 3.05) is 44.4 Å². The van der Waals surface area contributed by atoms with E-state index in [2.05, 4.69) is 4.98 Å². The monoisotopic (exact) mass is 375 g/mol. The molecule has 1 saturated carbocycles. The van der Waals surface area contributed by atoms with Crippen molar-refractivity contribution in [3.05, 3.63) is 24.5 Å². The van der Waals surface area contributed by atoms with E-state index in [-0.39, 0.29) is 24.8 Å². The molecule has 27 heavy (non-hydrogen) atoms. The normalized spacial score (nSPS) is 28.0. The molecule has 1 aliphatic carbocycles. The Morgan fingerprint density at radius 1 is 1.33 bits per heavy atom. The average Bonchev–Trinajstić information content (AvgIpc) is 2.86. The maximum Gasteiger partial charge on any atom is 0.253 e. The van der Waals surface area contributed by atoms with Crippen molar-refractivity contribution in [2.45, 2.75) is 36.9 Å². The summed E-state index contributed by atoms with van der Waals surface area (Å²) < 4.78 is 11.6. The summed E-state index contributed by atoms with van der Waals surface area (Å²) in [4.78, 5) is 32.6. The Labute approximate surface area is 158 Å². The predicted molar refractivity (Wildman–Crippen MR) is 96.1 cm³/mol. The molecule has 3 heterocycles. The quantitative estimate of drug-likeness (QED) is 0.820. The summed E-state index contributed by atoms with van der Waals surface area (Å²) in [6.45, 7) is 1.75. The predicted octanol–water partition coefficient (Wildman–Crippen LogP) is 0.348. The van der Waals surface area contributed by atoms with E-state index in [0.29, 0.717) is 51.4 Å². The van der Waals surface area contributed by atoms with Crippen molar-refractivity contribution in [1.82, 2.24) is 9.88 Å². The number of hydrogen-bond acceptors (Lipinski definition) is 6. The van der Waals surface area contributed by atoms with Crippen LogP contribution in [0.25, 0.3) is 0 Å². The fourth-order valence-electron chi connectivity index (χ4n) is 3.92. The van der Waals surface area contributed by atoms with Crippen LogP contribution in [0, 0.1) is 0 Å². The first kappa shape index (κ1) is 18.3. The molecular weight excluding hydrogens is 350 g/mol. The Balaban J connectivity index is 1.50. The summed E-state index contributed by atoms with van der Waals surface area (Å²) >= 11 is 0. The number of aliphatic hydroxyl groups is 1. The van der Waals surface area contributed by atoms with Crippen molar-refractivity contribution >= 4 is 17.5 Å². The molecule has 2 amide bonds. The smallest absolute Gasteiger partial charge is 0.253 e. The minimum absolute atomic E-state index is 0.0653. The summed E-state index contributed by atoms with van der Waals surface area (Å²) in [6.07, 6.45) is 5.74. The standard InChI is InChI=1S/C19H25N3O5/c23-16(9-18(25)4-2-5-18)21-7-8-26-14-19(12-21)13-22(17(24)11-27-19)15-3-1-6-20-10-15/h1,3,6,10,25H,2,4-5,7-9,11-14H2. The van der Waals surface area contributed by atoms with Gasteiger partial charge in [-0.1, -0.05) is 0 Å². The molecule has 8 heteroatoms. The number of hydrogen-bond donors (Lipinski definition) is 1. The zero-order chi connectivity index (χ0) is 18.9. The van der Waals surface area contributed by atoms with Gasteiger partial charge in [0.05, 0.1) is 50.2 Å². The molecule has 2 saturated heterocycles. The lowest BCUT2D eigenvalue weighted by atomic mass is 9.77. The van der Waals surface area contributed by atoms with Crippen molar-refractivity contribution in [3.8, 4) is 0 Å².